The second kappa shape index (κ2) is 8.75. The van der Waals surface area contributed by atoms with Crippen LogP contribution in [0.15, 0.2) is 52.1 Å². The molecule has 0 amide bonds. The number of aromatic nitrogens is 2. The van der Waals surface area contributed by atoms with Gasteiger partial charge in [-0.15, -0.1) is 10.2 Å². The van der Waals surface area contributed by atoms with E-state index >= 15 is 0 Å². The summed E-state index contributed by atoms with van der Waals surface area (Å²) in [6, 6.07) is 13.3. The predicted molar refractivity (Wildman–Crippen MR) is 109 cm³/mol. The first-order valence-corrected chi connectivity index (χ1v) is 10.3. The lowest BCUT2D eigenvalue weighted by Gasteiger charge is -2.16. The molecule has 4 rings (SSSR count). The monoisotopic (exact) mass is 414 g/mol. The molecule has 0 saturated carbocycles. The van der Waals surface area contributed by atoms with E-state index in [0.29, 0.717) is 34.3 Å². The molecular weight excluding hydrogens is 392 g/mol. The molecular formula is C21H22N2O5S. The molecule has 1 aliphatic heterocycles. The third-order valence-corrected chi connectivity index (χ3v) is 5.36. The number of hydrogen-bond acceptors (Lipinski definition) is 8. The lowest BCUT2D eigenvalue weighted by atomic mass is 10.0. The van der Waals surface area contributed by atoms with Crippen LogP contribution in [0.2, 0.25) is 0 Å². The van der Waals surface area contributed by atoms with Crippen molar-refractivity contribution in [2.75, 3.05) is 19.2 Å². The number of hydrogen-bond donors (Lipinski definition) is 1. The maximum absolute atomic E-state index is 10.3. The summed E-state index contributed by atoms with van der Waals surface area (Å²) in [5.41, 5.74) is 1.88. The van der Waals surface area contributed by atoms with Crippen molar-refractivity contribution in [3.8, 4) is 28.7 Å². The van der Waals surface area contributed by atoms with Gasteiger partial charge < -0.3 is 23.7 Å². The number of aliphatic hydroxyl groups excluding tert-OH is 1. The van der Waals surface area contributed by atoms with Crippen molar-refractivity contribution < 1.29 is 23.7 Å². The van der Waals surface area contributed by atoms with Gasteiger partial charge in [0, 0.05) is 11.3 Å². The van der Waals surface area contributed by atoms with Gasteiger partial charge in [0.15, 0.2) is 11.5 Å². The van der Waals surface area contributed by atoms with E-state index in [0.717, 1.165) is 16.9 Å². The fourth-order valence-electron chi connectivity index (χ4n) is 2.90. The minimum absolute atomic E-state index is 0.194. The number of benzene rings is 2. The molecule has 3 aromatic rings. The highest BCUT2D eigenvalue weighted by Gasteiger charge is 2.17. The Morgan fingerprint density at radius 3 is 2.79 bits per heavy atom. The molecule has 1 aliphatic rings. The first-order valence-electron chi connectivity index (χ1n) is 9.36. The van der Waals surface area contributed by atoms with Gasteiger partial charge in [-0.3, -0.25) is 0 Å². The van der Waals surface area contributed by atoms with Gasteiger partial charge in [-0.2, -0.15) is 0 Å². The normalized spacial score (nSPS) is 13.7. The minimum Gasteiger partial charge on any atom is -0.491 e. The lowest BCUT2D eigenvalue weighted by Crippen LogP contribution is -2.20. The Morgan fingerprint density at radius 2 is 1.93 bits per heavy atom. The van der Waals surface area contributed by atoms with Crippen LogP contribution in [-0.4, -0.2) is 40.6 Å². The Kier molecular flexibility index (Phi) is 5.92. The third-order valence-electron chi connectivity index (χ3n) is 4.40. The Morgan fingerprint density at radius 1 is 1.10 bits per heavy atom. The second-order valence-electron chi connectivity index (χ2n) is 6.91. The SMILES string of the molecule is CC(C)c1ccccc1OC[C@@H](O)CSc1nnc(-c2ccc3c(c2)OCO3)o1. The molecule has 2 aromatic carbocycles. The van der Waals surface area contributed by atoms with E-state index in [1.807, 2.05) is 36.4 Å². The summed E-state index contributed by atoms with van der Waals surface area (Å²) in [5.74, 6) is 3.28. The molecule has 8 heteroatoms. The summed E-state index contributed by atoms with van der Waals surface area (Å²) in [6.07, 6.45) is -0.666. The molecule has 1 aromatic heterocycles. The molecule has 0 spiro atoms. The summed E-state index contributed by atoms with van der Waals surface area (Å²) >= 11 is 1.29. The van der Waals surface area contributed by atoms with Crippen LogP contribution < -0.4 is 14.2 Å². The first-order chi connectivity index (χ1) is 14.1. The predicted octanol–water partition coefficient (Wildman–Crippen LogP) is 4.12. The molecule has 0 unspecified atom stereocenters. The van der Waals surface area contributed by atoms with Gasteiger partial charge in [0.1, 0.15) is 12.4 Å². The quantitative estimate of drug-likeness (QED) is 0.551. The molecule has 0 bridgehead atoms. The largest absolute Gasteiger partial charge is 0.491 e. The third kappa shape index (κ3) is 4.65. The van der Waals surface area contributed by atoms with E-state index in [-0.39, 0.29) is 13.4 Å². The zero-order chi connectivity index (χ0) is 20.2. The Bertz CT molecular complexity index is 975. The Balaban J connectivity index is 1.31. The fourth-order valence-corrected chi connectivity index (χ4v) is 3.57. The number of thioether (sulfide) groups is 1. The Labute approximate surface area is 173 Å². The first kappa shape index (κ1) is 19.6. The van der Waals surface area contributed by atoms with E-state index < -0.39 is 6.10 Å². The summed E-state index contributed by atoms with van der Waals surface area (Å²) < 4.78 is 22.2. The van der Waals surface area contributed by atoms with Crippen LogP contribution in [0.5, 0.6) is 17.2 Å². The van der Waals surface area contributed by atoms with Gasteiger partial charge >= 0.3 is 0 Å². The second-order valence-corrected chi connectivity index (χ2v) is 7.88. The summed E-state index contributed by atoms with van der Waals surface area (Å²) in [4.78, 5) is 0. The summed E-state index contributed by atoms with van der Waals surface area (Å²) in [5, 5.41) is 18.8. The van der Waals surface area contributed by atoms with Crippen molar-refractivity contribution in [3.63, 3.8) is 0 Å². The van der Waals surface area contributed by atoms with Crippen molar-refractivity contribution in [1.82, 2.24) is 10.2 Å². The number of nitrogens with zero attached hydrogens (tertiary/aromatic N) is 2. The molecule has 0 saturated heterocycles. The zero-order valence-corrected chi connectivity index (χ0v) is 17.0. The molecule has 0 fully saturated rings. The molecule has 1 N–H and O–H groups in total. The van der Waals surface area contributed by atoms with Gasteiger partial charge in [-0.25, -0.2) is 0 Å². The average Bonchev–Trinajstić information content (AvgIpc) is 3.39. The van der Waals surface area contributed by atoms with Gasteiger partial charge in [0.2, 0.25) is 12.7 Å². The van der Waals surface area contributed by atoms with Gasteiger partial charge in [0.05, 0.1) is 6.10 Å². The van der Waals surface area contributed by atoms with E-state index in [9.17, 15) is 5.11 Å². The molecule has 7 nitrogen and oxygen atoms in total. The number of rotatable bonds is 8. The fraction of sp³-hybridized carbons (Fsp3) is 0.333. The highest BCUT2D eigenvalue weighted by atomic mass is 32.2. The van der Waals surface area contributed by atoms with Crippen LogP contribution in [0, 0.1) is 0 Å². The van der Waals surface area contributed by atoms with Crippen LogP contribution in [0.3, 0.4) is 0 Å². The van der Waals surface area contributed by atoms with Crippen molar-refractivity contribution in [1.29, 1.82) is 0 Å². The highest BCUT2D eigenvalue weighted by Crippen LogP contribution is 2.36. The maximum Gasteiger partial charge on any atom is 0.276 e. The van der Waals surface area contributed by atoms with Crippen LogP contribution in [0.25, 0.3) is 11.5 Å². The average molecular weight is 414 g/mol. The number of fused-ring (bicyclic) bond motifs is 1. The van der Waals surface area contributed by atoms with Crippen molar-refractivity contribution in [3.05, 3.63) is 48.0 Å². The number of aliphatic hydroxyl groups is 1. The van der Waals surface area contributed by atoms with Crippen molar-refractivity contribution >= 4 is 11.8 Å². The van der Waals surface area contributed by atoms with E-state index in [1.165, 1.54) is 11.8 Å². The van der Waals surface area contributed by atoms with Gasteiger partial charge in [-0.1, -0.05) is 43.8 Å². The molecule has 1 atom stereocenters. The zero-order valence-electron chi connectivity index (χ0n) is 16.2. The standard InChI is InChI=1S/C21H22N2O5S/c1-13(2)16-5-3-4-6-17(16)25-10-15(24)11-29-21-23-22-20(28-21)14-7-8-18-19(9-14)27-12-26-18/h3-9,13,15,24H,10-12H2,1-2H3/t15-/m1/s1. The summed E-state index contributed by atoms with van der Waals surface area (Å²) in [6.45, 7) is 4.63. The minimum atomic E-state index is -0.666. The van der Waals surface area contributed by atoms with Crippen LogP contribution in [-0.2, 0) is 0 Å². The smallest absolute Gasteiger partial charge is 0.276 e. The Hall–Kier alpha value is -2.71. The van der Waals surface area contributed by atoms with Crippen molar-refractivity contribution in [2.45, 2.75) is 31.1 Å². The lowest BCUT2D eigenvalue weighted by molar-refractivity contribution is 0.125. The summed E-state index contributed by atoms with van der Waals surface area (Å²) in [7, 11) is 0. The number of para-hydroxylation sites is 1. The van der Waals surface area contributed by atoms with Gasteiger partial charge in [0.25, 0.3) is 5.22 Å². The molecule has 152 valence electrons. The molecule has 2 heterocycles. The van der Waals surface area contributed by atoms with Crippen molar-refractivity contribution in [2.24, 2.45) is 0 Å². The van der Waals surface area contributed by atoms with Crippen LogP contribution in [0.1, 0.15) is 25.3 Å². The topological polar surface area (TPSA) is 86.8 Å². The van der Waals surface area contributed by atoms with Gasteiger partial charge in [-0.05, 0) is 35.7 Å². The van der Waals surface area contributed by atoms with E-state index in [2.05, 4.69) is 24.0 Å². The van der Waals surface area contributed by atoms with Crippen LogP contribution in [0.4, 0.5) is 0 Å². The highest BCUT2D eigenvalue weighted by molar-refractivity contribution is 7.99. The van der Waals surface area contributed by atoms with E-state index in [1.54, 1.807) is 6.07 Å². The van der Waals surface area contributed by atoms with Crippen LogP contribution >= 0.6 is 11.8 Å². The molecule has 29 heavy (non-hydrogen) atoms. The van der Waals surface area contributed by atoms with E-state index in [4.69, 9.17) is 18.6 Å². The molecule has 0 radical (unpaired) electrons. The maximum atomic E-state index is 10.3. The number of ether oxygens (including phenoxy) is 3. The molecule has 0 aliphatic carbocycles.